The summed E-state index contributed by atoms with van der Waals surface area (Å²) < 4.78 is 68.4. The summed E-state index contributed by atoms with van der Waals surface area (Å²) in [6.45, 7) is 11.8. The third-order valence-corrected chi connectivity index (χ3v) is 19.4. The Bertz CT molecular complexity index is 1820. The summed E-state index contributed by atoms with van der Waals surface area (Å²) in [5.41, 5.74) is 0. The highest BCUT2D eigenvalue weighted by atomic mass is 31.2. The maximum absolute atomic E-state index is 13.1. The molecule has 0 aliphatic heterocycles. The van der Waals surface area contributed by atoms with Crippen LogP contribution in [0.4, 0.5) is 0 Å². The molecule has 0 amide bonds. The lowest BCUT2D eigenvalue weighted by atomic mass is 10.00. The number of hydrogen-bond donors (Lipinski definition) is 3. The van der Waals surface area contributed by atoms with Crippen LogP contribution in [0.25, 0.3) is 0 Å². The number of ether oxygens (including phenoxy) is 4. The second kappa shape index (κ2) is 64.7. The average Bonchev–Trinajstić information content (AvgIpc) is 2.53. The molecule has 552 valence electrons. The zero-order valence-electron chi connectivity index (χ0n) is 60.7. The first-order chi connectivity index (χ1) is 44.8. The van der Waals surface area contributed by atoms with Crippen molar-refractivity contribution in [1.29, 1.82) is 0 Å². The van der Waals surface area contributed by atoms with Gasteiger partial charge in [0, 0.05) is 25.7 Å². The van der Waals surface area contributed by atoms with Gasteiger partial charge in [-0.3, -0.25) is 37.3 Å². The highest BCUT2D eigenvalue weighted by Gasteiger charge is 2.30. The molecule has 0 saturated heterocycles. The smallest absolute Gasteiger partial charge is 0.462 e. The predicted octanol–water partition coefficient (Wildman–Crippen LogP) is 21.4. The molecule has 0 heterocycles. The molecule has 19 heteroatoms. The Morgan fingerprint density at radius 2 is 0.548 bits per heavy atom. The fourth-order valence-corrected chi connectivity index (χ4v) is 12.8. The van der Waals surface area contributed by atoms with Gasteiger partial charge in [0.25, 0.3) is 0 Å². The van der Waals surface area contributed by atoms with Gasteiger partial charge in [0.1, 0.15) is 19.3 Å². The fraction of sp³-hybridized carbons (Fsp3) is 0.946. The van der Waals surface area contributed by atoms with Gasteiger partial charge in [0.15, 0.2) is 12.2 Å². The van der Waals surface area contributed by atoms with E-state index < -0.39 is 97.5 Å². The van der Waals surface area contributed by atoms with Gasteiger partial charge in [-0.1, -0.05) is 325 Å². The number of esters is 4. The van der Waals surface area contributed by atoms with Crippen molar-refractivity contribution in [3.8, 4) is 0 Å². The van der Waals surface area contributed by atoms with Gasteiger partial charge in [0.2, 0.25) is 0 Å². The van der Waals surface area contributed by atoms with Gasteiger partial charge in [-0.25, -0.2) is 9.13 Å². The second-order valence-electron chi connectivity index (χ2n) is 27.9. The van der Waals surface area contributed by atoms with E-state index in [1.54, 1.807) is 0 Å². The normalized spacial score (nSPS) is 14.4. The molecule has 0 spiro atoms. The molecule has 0 aliphatic rings. The molecule has 0 radical (unpaired) electrons. The molecule has 0 fully saturated rings. The van der Waals surface area contributed by atoms with E-state index in [1.807, 2.05) is 0 Å². The average molecular weight is 1370 g/mol. The van der Waals surface area contributed by atoms with E-state index in [0.717, 1.165) is 108 Å². The molecule has 6 atom stereocenters. The predicted molar refractivity (Wildman–Crippen MR) is 377 cm³/mol. The van der Waals surface area contributed by atoms with E-state index in [1.165, 1.54) is 180 Å². The molecule has 17 nitrogen and oxygen atoms in total. The molecule has 3 unspecified atom stereocenters. The van der Waals surface area contributed by atoms with Crippen molar-refractivity contribution < 1.29 is 80.2 Å². The van der Waals surface area contributed by atoms with Gasteiger partial charge in [-0.15, -0.1) is 0 Å². The van der Waals surface area contributed by atoms with Crippen molar-refractivity contribution in [2.45, 2.75) is 394 Å². The van der Waals surface area contributed by atoms with Gasteiger partial charge < -0.3 is 33.8 Å². The van der Waals surface area contributed by atoms with E-state index in [9.17, 15) is 43.2 Å². The van der Waals surface area contributed by atoms with Crippen LogP contribution in [0.2, 0.25) is 0 Å². The van der Waals surface area contributed by atoms with Crippen LogP contribution in [0.3, 0.4) is 0 Å². The zero-order chi connectivity index (χ0) is 68.7. The zero-order valence-corrected chi connectivity index (χ0v) is 62.5. The van der Waals surface area contributed by atoms with E-state index in [4.69, 9.17) is 37.0 Å². The Morgan fingerprint density at radius 1 is 0.312 bits per heavy atom. The van der Waals surface area contributed by atoms with Gasteiger partial charge in [-0.2, -0.15) is 0 Å². The van der Waals surface area contributed by atoms with Crippen LogP contribution < -0.4 is 0 Å². The lowest BCUT2D eigenvalue weighted by Crippen LogP contribution is -2.30. The number of aliphatic hydroxyl groups is 1. The molecular formula is C74H144O17P2. The second-order valence-corrected chi connectivity index (χ2v) is 30.8. The van der Waals surface area contributed by atoms with E-state index >= 15 is 0 Å². The van der Waals surface area contributed by atoms with Crippen LogP contribution in [0.15, 0.2) is 0 Å². The van der Waals surface area contributed by atoms with Crippen LogP contribution in [-0.4, -0.2) is 96.7 Å². The van der Waals surface area contributed by atoms with Crippen molar-refractivity contribution in [2.75, 3.05) is 39.6 Å². The third-order valence-electron chi connectivity index (χ3n) is 17.5. The number of rotatable bonds is 72. The summed E-state index contributed by atoms with van der Waals surface area (Å²) in [4.78, 5) is 72.6. The van der Waals surface area contributed by atoms with Crippen LogP contribution in [0, 0.1) is 17.8 Å². The van der Waals surface area contributed by atoms with Crippen LogP contribution in [0.1, 0.15) is 376 Å². The van der Waals surface area contributed by atoms with Crippen molar-refractivity contribution in [1.82, 2.24) is 0 Å². The molecule has 93 heavy (non-hydrogen) atoms. The molecule has 0 aromatic carbocycles. The molecule has 0 saturated carbocycles. The lowest BCUT2D eigenvalue weighted by Gasteiger charge is -2.21. The largest absolute Gasteiger partial charge is 0.472 e. The summed E-state index contributed by atoms with van der Waals surface area (Å²) in [6, 6.07) is 0. The first-order valence-electron chi connectivity index (χ1n) is 38.4. The van der Waals surface area contributed by atoms with Gasteiger partial charge in [0.05, 0.1) is 26.4 Å². The van der Waals surface area contributed by atoms with Crippen molar-refractivity contribution in [3.05, 3.63) is 0 Å². The van der Waals surface area contributed by atoms with E-state index in [-0.39, 0.29) is 25.7 Å². The molecule has 0 aromatic heterocycles. The Kier molecular flexibility index (Phi) is 63.4. The highest BCUT2D eigenvalue weighted by molar-refractivity contribution is 7.47. The maximum atomic E-state index is 13.1. The molecule has 0 rings (SSSR count). The summed E-state index contributed by atoms with van der Waals surface area (Å²) in [6.07, 6.45) is 50.2. The standard InChI is InChI=1S/C74H144O17P2/c1-8-10-11-12-13-14-15-25-28-33-41-48-55-71(76)84-61-69(90-73(78)57-50-43-34-29-26-23-21-19-17-16-18-20-22-24-27-31-38-45-52-65(3)4)63-88-92(80,81)86-59-68(75)60-87-93(82,83)89-64-70(91-74(79)58-51-44-35-30-32-39-46-53-66(5)6)62-85-72(77)56-49-42-37-36-40-47-54-67(7)9-2/h65-70,75H,8-64H2,1-7H3,(H,80,81)(H,82,83)/t67?,68-,69-,70-/m1/s1. The van der Waals surface area contributed by atoms with Crippen molar-refractivity contribution >= 4 is 39.5 Å². The molecule has 3 N–H and O–H groups in total. The highest BCUT2D eigenvalue weighted by Crippen LogP contribution is 2.45. The fourth-order valence-electron chi connectivity index (χ4n) is 11.2. The SMILES string of the molecule is CCCCCCCCCCCCCCC(=O)OC[C@H](COP(=O)(O)OC[C@@H](O)COP(=O)(O)OC[C@@H](COC(=O)CCCCCCCCC(C)CC)OC(=O)CCCCCCCCCC(C)C)OC(=O)CCCCCCCCCCCCCCCCCCCCC(C)C. The van der Waals surface area contributed by atoms with Crippen LogP contribution >= 0.6 is 15.6 Å². The third kappa shape index (κ3) is 67.0. The number of phosphoric acid groups is 2. The monoisotopic (exact) mass is 1370 g/mol. The van der Waals surface area contributed by atoms with Crippen molar-refractivity contribution in [3.63, 3.8) is 0 Å². The maximum Gasteiger partial charge on any atom is 0.472 e. The van der Waals surface area contributed by atoms with Crippen LogP contribution in [-0.2, 0) is 65.4 Å². The molecule has 0 aromatic rings. The van der Waals surface area contributed by atoms with Crippen LogP contribution in [0.5, 0.6) is 0 Å². The Morgan fingerprint density at radius 3 is 0.817 bits per heavy atom. The van der Waals surface area contributed by atoms with Crippen molar-refractivity contribution in [2.24, 2.45) is 17.8 Å². The minimum absolute atomic E-state index is 0.103. The number of aliphatic hydroxyl groups excluding tert-OH is 1. The number of carbonyl (C=O) groups is 4. The molecule has 0 aliphatic carbocycles. The number of unbranched alkanes of at least 4 members (excludes halogenated alkanes) is 39. The summed E-state index contributed by atoms with van der Waals surface area (Å²) in [5.74, 6) is 0.123. The quantitative estimate of drug-likeness (QED) is 0.0222. The lowest BCUT2D eigenvalue weighted by molar-refractivity contribution is -0.161. The summed E-state index contributed by atoms with van der Waals surface area (Å²) in [5, 5.41) is 10.6. The molecule has 0 bridgehead atoms. The number of carbonyl (C=O) groups excluding carboxylic acids is 4. The van der Waals surface area contributed by atoms with E-state index in [2.05, 4.69) is 48.5 Å². The van der Waals surface area contributed by atoms with Gasteiger partial charge in [-0.05, 0) is 43.4 Å². The Labute approximate surface area is 568 Å². The number of phosphoric ester groups is 2. The minimum atomic E-state index is -4.95. The topological polar surface area (TPSA) is 237 Å². The first kappa shape index (κ1) is 91.1. The number of hydrogen-bond acceptors (Lipinski definition) is 15. The minimum Gasteiger partial charge on any atom is -0.462 e. The molecular weight excluding hydrogens is 1220 g/mol. The Hall–Kier alpha value is -1.94. The van der Waals surface area contributed by atoms with E-state index in [0.29, 0.717) is 31.6 Å². The Balaban J connectivity index is 5.18. The van der Waals surface area contributed by atoms with Gasteiger partial charge >= 0.3 is 39.5 Å². The summed E-state index contributed by atoms with van der Waals surface area (Å²) in [7, 11) is -9.91. The first-order valence-corrected chi connectivity index (χ1v) is 41.4. The summed E-state index contributed by atoms with van der Waals surface area (Å²) >= 11 is 0.